The van der Waals surface area contributed by atoms with Gasteiger partial charge in [0, 0.05) is 18.0 Å². The minimum Gasteiger partial charge on any atom is -0.478 e. The molecule has 0 saturated heterocycles. The predicted molar refractivity (Wildman–Crippen MR) is 51.6 cm³/mol. The van der Waals surface area contributed by atoms with Gasteiger partial charge < -0.3 is 10.4 Å². The molecule has 0 aromatic heterocycles. The van der Waals surface area contributed by atoms with Crippen molar-refractivity contribution in [2.45, 2.75) is 6.92 Å². The third-order valence-corrected chi connectivity index (χ3v) is 1.53. The van der Waals surface area contributed by atoms with Gasteiger partial charge in [0.15, 0.2) is 0 Å². The SMILES string of the molecule is Cc1ccc(N/C=C/C(=O)O)cc1. The lowest BCUT2D eigenvalue weighted by atomic mass is 10.2. The maximum absolute atomic E-state index is 10.1. The molecule has 13 heavy (non-hydrogen) atoms. The molecule has 1 rings (SSSR count). The highest BCUT2D eigenvalue weighted by atomic mass is 16.4. The van der Waals surface area contributed by atoms with E-state index in [1.807, 2.05) is 31.2 Å². The molecule has 0 radical (unpaired) electrons. The predicted octanol–water partition coefficient (Wildman–Crippen LogP) is 2.01. The summed E-state index contributed by atoms with van der Waals surface area (Å²) in [6.07, 6.45) is 2.45. The summed E-state index contributed by atoms with van der Waals surface area (Å²) in [6, 6.07) is 7.69. The fourth-order valence-electron chi connectivity index (χ4n) is 0.859. The summed E-state index contributed by atoms with van der Waals surface area (Å²) in [5.74, 6) is -0.959. The Morgan fingerprint density at radius 2 is 2.00 bits per heavy atom. The van der Waals surface area contributed by atoms with Crippen molar-refractivity contribution in [1.82, 2.24) is 0 Å². The first-order chi connectivity index (χ1) is 6.18. The Morgan fingerprint density at radius 3 is 2.54 bits per heavy atom. The summed E-state index contributed by atoms with van der Waals surface area (Å²) in [5.41, 5.74) is 2.05. The number of carboxylic acid groups (broad SMARTS) is 1. The number of aliphatic carboxylic acids is 1. The summed E-state index contributed by atoms with van der Waals surface area (Å²) in [5, 5.41) is 11.2. The van der Waals surface area contributed by atoms with E-state index in [1.165, 1.54) is 11.8 Å². The topological polar surface area (TPSA) is 49.3 Å². The average molecular weight is 177 g/mol. The summed E-state index contributed by atoms with van der Waals surface area (Å²) in [4.78, 5) is 10.1. The van der Waals surface area contributed by atoms with Crippen LogP contribution in [0, 0.1) is 6.92 Å². The molecule has 1 aromatic rings. The maximum atomic E-state index is 10.1. The number of carbonyl (C=O) groups is 1. The molecule has 68 valence electrons. The zero-order chi connectivity index (χ0) is 9.68. The van der Waals surface area contributed by atoms with E-state index in [0.717, 1.165) is 11.8 Å². The van der Waals surface area contributed by atoms with Gasteiger partial charge in [-0.25, -0.2) is 4.79 Å². The monoisotopic (exact) mass is 177 g/mol. The van der Waals surface area contributed by atoms with E-state index in [0.29, 0.717) is 0 Å². The lowest BCUT2D eigenvalue weighted by Crippen LogP contribution is -1.91. The van der Waals surface area contributed by atoms with Crippen LogP contribution >= 0.6 is 0 Å². The van der Waals surface area contributed by atoms with Gasteiger partial charge in [-0.3, -0.25) is 0 Å². The summed E-state index contributed by atoms with van der Waals surface area (Å²) in [7, 11) is 0. The summed E-state index contributed by atoms with van der Waals surface area (Å²) < 4.78 is 0. The zero-order valence-corrected chi connectivity index (χ0v) is 7.32. The Balaban J connectivity index is 2.55. The van der Waals surface area contributed by atoms with Gasteiger partial charge in [-0.2, -0.15) is 0 Å². The second-order valence-corrected chi connectivity index (χ2v) is 2.68. The Bertz CT molecular complexity index is 314. The van der Waals surface area contributed by atoms with Crippen LogP contribution in [-0.2, 0) is 4.79 Å². The number of aryl methyl sites for hydroxylation is 1. The highest BCUT2D eigenvalue weighted by Crippen LogP contribution is 2.07. The molecule has 0 aliphatic heterocycles. The van der Waals surface area contributed by atoms with Crippen LogP contribution in [0.15, 0.2) is 36.5 Å². The molecule has 0 aliphatic rings. The lowest BCUT2D eigenvalue weighted by Gasteiger charge is -1.99. The molecule has 0 spiro atoms. The largest absolute Gasteiger partial charge is 0.478 e. The van der Waals surface area contributed by atoms with Crippen molar-refractivity contribution in [3.8, 4) is 0 Å². The molecule has 0 bridgehead atoms. The van der Waals surface area contributed by atoms with E-state index in [1.54, 1.807) is 0 Å². The van der Waals surface area contributed by atoms with Crippen molar-refractivity contribution in [1.29, 1.82) is 0 Å². The smallest absolute Gasteiger partial charge is 0.329 e. The van der Waals surface area contributed by atoms with Gasteiger partial charge >= 0.3 is 5.97 Å². The lowest BCUT2D eigenvalue weighted by molar-refractivity contribution is -0.131. The molecular formula is C10H11NO2. The van der Waals surface area contributed by atoms with Crippen LogP contribution in [0.1, 0.15) is 5.56 Å². The fourth-order valence-corrected chi connectivity index (χ4v) is 0.859. The third kappa shape index (κ3) is 3.42. The van der Waals surface area contributed by atoms with Gasteiger partial charge in [0.2, 0.25) is 0 Å². The molecule has 0 unspecified atom stereocenters. The molecule has 0 heterocycles. The summed E-state index contributed by atoms with van der Waals surface area (Å²) in [6.45, 7) is 2.00. The van der Waals surface area contributed by atoms with Gasteiger partial charge in [0.05, 0.1) is 0 Å². The van der Waals surface area contributed by atoms with Gasteiger partial charge in [-0.05, 0) is 19.1 Å². The van der Waals surface area contributed by atoms with E-state index >= 15 is 0 Å². The molecule has 3 heteroatoms. The first-order valence-electron chi connectivity index (χ1n) is 3.91. The van der Waals surface area contributed by atoms with Gasteiger partial charge in [0.25, 0.3) is 0 Å². The molecule has 2 N–H and O–H groups in total. The number of hydrogen-bond acceptors (Lipinski definition) is 2. The first-order valence-corrected chi connectivity index (χ1v) is 3.91. The van der Waals surface area contributed by atoms with Crippen molar-refractivity contribution < 1.29 is 9.90 Å². The molecule has 1 aromatic carbocycles. The van der Waals surface area contributed by atoms with Crippen LogP contribution in [0.3, 0.4) is 0 Å². The fraction of sp³-hybridized carbons (Fsp3) is 0.100. The maximum Gasteiger partial charge on any atom is 0.329 e. The Hall–Kier alpha value is -1.77. The second kappa shape index (κ2) is 4.30. The van der Waals surface area contributed by atoms with Crippen LogP contribution in [0.2, 0.25) is 0 Å². The molecular weight excluding hydrogens is 166 g/mol. The molecule has 0 aliphatic carbocycles. The number of nitrogens with one attached hydrogen (secondary N) is 1. The standard InChI is InChI=1S/C10H11NO2/c1-8-2-4-9(5-3-8)11-7-6-10(12)13/h2-7,11H,1H3,(H,12,13)/b7-6+. The van der Waals surface area contributed by atoms with Gasteiger partial charge in [-0.15, -0.1) is 0 Å². The highest BCUT2D eigenvalue weighted by Gasteiger charge is 1.88. The molecule has 3 nitrogen and oxygen atoms in total. The van der Waals surface area contributed by atoms with Crippen molar-refractivity contribution in [2.24, 2.45) is 0 Å². The molecule has 0 atom stereocenters. The Labute approximate surface area is 76.7 Å². The van der Waals surface area contributed by atoms with E-state index < -0.39 is 5.97 Å². The van der Waals surface area contributed by atoms with E-state index in [-0.39, 0.29) is 0 Å². The quantitative estimate of drug-likeness (QED) is 0.694. The zero-order valence-electron chi connectivity index (χ0n) is 7.32. The van der Waals surface area contributed by atoms with Crippen molar-refractivity contribution in [2.75, 3.05) is 5.32 Å². The minimum atomic E-state index is -0.959. The van der Waals surface area contributed by atoms with Crippen LogP contribution in [0.4, 0.5) is 5.69 Å². The summed E-state index contributed by atoms with van der Waals surface area (Å²) >= 11 is 0. The van der Waals surface area contributed by atoms with Crippen molar-refractivity contribution in [3.63, 3.8) is 0 Å². The number of hydrogen-bond donors (Lipinski definition) is 2. The molecule has 0 saturated carbocycles. The number of rotatable bonds is 3. The second-order valence-electron chi connectivity index (χ2n) is 2.68. The Kier molecular flexibility index (Phi) is 3.09. The van der Waals surface area contributed by atoms with Crippen LogP contribution in [0.25, 0.3) is 0 Å². The average Bonchev–Trinajstić information content (AvgIpc) is 2.08. The minimum absolute atomic E-state index is 0.878. The van der Waals surface area contributed by atoms with Crippen molar-refractivity contribution in [3.05, 3.63) is 42.1 Å². The van der Waals surface area contributed by atoms with Gasteiger partial charge in [0.1, 0.15) is 0 Å². The van der Waals surface area contributed by atoms with Crippen LogP contribution in [-0.4, -0.2) is 11.1 Å². The normalized spacial score (nSPS) is 10.2. The van der Waals surface area contributed by atoms with E-state index in [4.69, 9.17) is 5.11 Å². The van der Waals surface area contributed by atoms with Crippen LogP contribution < -0.4 is 5.32 Å². The first kappa shape index (κ1) is 9.32. The Morgan fingerprint density at radius 1 is 1.38 bits per heavy atom. The number of carboxylic acids is 1. The van der Waals surface area contributed by atoms with Crippen LogP contribution in [0.5, 0.6) is 0 Å². The molecule has 0 fully saturated rings. The van der Waals surface area contributed by atoms with E-state index in [9.17, 15) is 4.79 Å². The van der Waals surface area contributed by atoms with E-state index in [2.05, 4.69) is 5.32 Å². The van der Waals surface area contributed by atoms with Gasteiger partial charge in [-0.1, -0.05) is 17.7 Å². The van der Waals surface area contributed by atoms with Crippen molar-refractivity contribution >= 4 is 11.7 Å². The number of benzene rings is 1. The number of anilines is 1. The highest BCUT2D eigenvalue weighted by molar-refractivity contribution is 5.80. The molecule has 0 amide bonds. The third-order valence-electron chi connectivity index (χ3n) is 1.53.